The van der Waals surface area contributed by atoms with Crippen molar-refractivity contribution in [3.05, 3.63) is 28.8 Å². The van der Waals surface area contributed by atoms with Gasteiger partial charge >= 0.3 is 0 Å². The quantitative estimate of drug-likeness (QED) is 0.803. The van der Waals surface area contributed by atoms with Crippen molar-refractivity contribution < 1.29 is 13.2 Å². The second-order valence-corrected chi connectivity index (χ2v) is 8.25. The number of hydrogen-bond donors (Lipinski definition) is 2. The lowest BCUT2D eigenvalue weighted by molar-refractivity contribution is 0.0342. The number of nitrogens with zero attached hydrogens (tertiary/aromatic N) is 1. The Morgan fingerprint density at radius 1 is 1.21 bits per heavy atom. The lowest BCUT2D eigenvalue weighted by atomic mass is 10.2. The standard InChI is InChI=1S/C16H24ClN3O3S/c17-16-11-15(19-24(21,22)18-14-3-1-2-4-14)6-5-13(16)12-20-7-9-23-10-8-20/h5-6,11,14,18-19H,1-4,7-10,12H2. The lowest BCUT2D eigenvalue weighted by Crippen LogP contribution is -2.37. The van der Waals surface area contributed by atoms with Crippen molar-refractivity contribution in [2.24, 2.45) is 0 Å². The van der Waals surface area contributed by atoms with Crippen LogP contribution in [0.25, 0.3) is 0 Å². The average Bonchev–Trinajstić information content (AvgIpc) is 3.03. The van der Waals surface area contributed by atoms with Gasteiger partial charge in [-0.25, -0.2) is 0 Å². The molecule has 1 heterocycles. The first-order chi connectivity index (χ1) is 11.5. The van der Waals surface area contributed by atoms with E-state index in [9.17, 15) is 8.42 Å². The third kappa shape index (κ3) is 5.07. The summed E-state index contributed by atoms with van der Waals surface area (Å²) >= 11 is 6.33. The summed E-state index contributed by atoms with van der Waals surface area (Å²) in [6, 6.07) is 5.35. The summed E-state index contributed by atoms with van der Waals surface area (Å²) in [5, 5.41) is 0.572. The maximum absolute atomic E-state index is 12.2. The molecule has 1 aliphatic carbocycles. The van der Waals surface area contributed by atoms with Gasteiger partial charge in [0.05, 0.1) is 18.9 Å². The molecule has 8 heteroatoms. The van der Waals surface area contributed by atoms with Gasteiger partial charge in [-0.1, -0.05) is 30.5 Å². The predicted octanol–water partition coefficient (Wildman–Crippen LogP) is 2.36. The van der Waals surface area contributed by atoms with E-state index in [0.717, 1.165) is 64.1 Å². The van der Waals surface area contributed by atoms with Gasteiger partial charge in [-0.3, -0.25) is 9.62 Å². The van der Waals surface area contributed by atoms with Crippen LogP contribution in [0.15, 0.2) is 18.2 Å². The van der Waals surface area contributed by atoms with Crippen LogP contribution in [-0.4, -0.2) is 45.7 Å². The zero-order chi connectivity index (χ0) is 17.0. The summed E-state index contributed by atoms with van der Waals surface area (Å²) < 4.78 is 35.0. The molecule has 0 unspecified atom stereocenters. The Morgan fingerprint density at radius 3 is 2.58 bits per heavy atom. The number of ether oxygens (including phenoxy) is 1. The van der Waals surface area contributed by atoms with Gasteiger partial charge in [0.15, 0.2) is 0 Å². The van der Waals surface area contributed by atoms with Crippen LogP contribution in [0, 0.1) is 0 Å². The van der Waals surface area contributed by atoms with Gasteiger partial charge in [0.2, 0.25) is 0 Å². The molecule has 2 aliphatic rings. The normalized spacial score (nSPS) is 20.4. The minimum Gasteiger partial charge on any atom is -0.379 e. The minimum atomic E-state index is -3.56. The van der Waals surface area contributed by atoms with Crippen LogP contribution in [0.1, 0.15) is 31.2 Å². The molecule has 1 aliphatic heterocycles. The number of morpholine rings is 1. The first kappa shape index (κ1) is 17.9. The van der Waals surface area contributed by atoms with E-state index in [-0.39, 0.29) is 6.04 Å². The summed E-state index contributed by atoms with van der Waals surface area (Å²) in [5.74, 6) is 0. The highest BCUT2D eigenvalue weighted by atomic mass is 35.5. The molecular weight excluding hydrogens is 350 g/mol. The maximum Gasteiger partial charge on any atom is 0.299 e. The van der Waals surface area contributed by atoms with Crippen molar-refractivity contribution in [2.45, 2.75) is 38.3 Å². The van der Waals surface area contributed by atoms with E-state index in [2.05, 4.69) is 14.3 Å². The number of halogens is 1. The van der Waals surface area contributed by atoms with E-state index in [1.54, 1.807) is 12.1 Å². The third-order valence-corrected chi connectivity index (χ3v) is 5.98. The SMILES string of the molecule is O=S(=O)(Nc1ccc(CN2CCOCC2)c(Cl)c1)NC1CCCC1. The molecule has 0 radical (unpaired) electrons. The van der Waals surface area contributed by atoms with Crippen LogP contribution in [0.5, 0.6) is 0 Å². The fraction of sp³-hybridized carbons (Fsp3) is 0.625. The van der Waals surface area contributed by atoms with Crippen molar-refractivity contribution in [1.82, 2.24) is 9.62 Å². The summed E-state index contributed by atoms with van der Waals surface area (Å²) in [6.07, 6.45) is 3.96. The van der Waals surface area contributed by atoms with Crippen LogP contribution in [0.4, 0.5) is 5.69 Å². The van der Waals surface area contributed by atoms with Crippen LogP contribution >= 0.6 is 11.6 Å². The molecule has 1 aromatic carbocycles. The second-order valence-electron chi connectivity index (χ2n) is 6.40. The highest BCUT2D eigenvalue weighted by Crippen LogP contribution is 2.24. The minimum absolute atomic E-state index is 0.0403. The molecule has 0 spiro atoms. The molecule has 134 valence electrons. The number of anilines is 1. The van der Waals surface area contributed by atoms with Crippen molar-refractivity contribution >= 4 is 27.5 Å². The number of rotatable bonds is 6. The molecule has 0 amide bonds. The van der Waals surface area contributed by atoms with Crippen LogP contribution < -0.4 is 9.44 Å². The van der Waals surface area contributed by atoms with Gasteiger partial charge in [-0.15, -0.1) is 0 Å². The van der Waals surface area contributed by atoms with Crippen LogP contribution in [0.2, 0.25) is 5.02 Å². The highest BCUT2D eigenvalue weighted by Gasteiger charge is 2.21. The molecule has 0 bridgehead atoms. The zero-order valence-electron chi connectivity index (χ0n) is 13.6. The second kappa shape index (κ2) is 8.01. The topological polar surface area (TPSA) is 70.7 Å². The van der Waals surface area contributed by atoms with Gasteiger partial charge in [-0.2, -0.15) is 13.1 Å². The van der Waals surface area contributed by atoms with E-state index in [1.807, 2.05) is 6.07 Å². The summed E-state index contributed by atoms with van der Waals surface area (Å²) in [4.78, 5) is 2.27. The zero-order valence-corrected chi connectivity index (χ0v) is 15.2. The molecule has 1 aromatic rings. The van der Waals surface area contributed by atoms with E-state index in [1.165, 1.54) is 0 Å². The Hall–Kier alpha value is -0.860. The van der Waals surface area contributed by atoms with Crippen LogP contribution in [-0.2, 0) is 21.5 Å². The monoisotopic (exact) mass is 373 g/mol. The molecule has 6 nitrogen and oxygen atoms in total. The first-order valence-electron chi connectivity index (χ1n) is 8.40. The molecular formula is C16H24ClN3O3S. The van der Waals surface area contributed by atoms with Crippen LogP contribution in [0.3, 0.4) is 0 Å². The Morgan fingerprint density at radius 2 is 1.92 bits per heavy atom. The van der Waals surface area contributed by atoms with Gasteiger partial charge in [-0.05, 0) is 30.5 Å². The van der Waals surface area contributed by atoms with Crippen molar-refractivity contribution in [2.75, 3.05) is 31.0 Å². The summed E-state index contributed by atoms with van der Waals surface area (Å²) in [6.45, 7) is 3.99. The van der Waals surface area contributed by atoms with Crippen molar-refractivity contribution in [3.63, 3.8) is 0 Å². The summed E-state index contributed by atoms with van der Waals surface area (Å²) in [5.41, 5.74) is 1.47. The van der Waals surface area contributed by atoms with E-state index >= 15 is 0 Å². The van der Waals surface area contributed by atoms with Gasteiger partial charge < -0.3 is 4.74 Å². The number of nitrogens with one attached hydrogen (secondary N) is 2. The molecule has 3 rings (SSSR count). The van der Waals surface area contributed by atoms with Crippen molar-refractivity contribution in [1.29, 1.82) is 0 Å². The van der Waals surface area contributed by atoms with Gasteiger partial charge in [0.1, 0.15) is 0 Å². The van der Waals surface area contributed by atoms with Gasteiger partial charge in [0.25, 0.3) is 10.2 Å². The summed E-state index contributed by atoms with van der Waals surface area (Å²) in [7, 11) is -3.56. The van der Waals surface area contributed by atoms with E-state index in [4.69, 9.17) is 16.3 Å². The fourth-order valence-electron chi connectivity index (χ4n) is 3.19. The largest absolute Gasteiger partial charge is 0.379 e. The first-order valence-corrected chi connectivity index (χ1v) is 10.3. The number of benzene rings is 1. The number of hydrogen-bond acceptors (Lipinski definition) is 4. The lowest BCUT2D eigenvalue weighted by Gasteiger charge is -2.27. The molecule has 2 fully saturated rings. The maximum atomic E-state index is 12.2. The smallest absolute Gasteiger partial charge is 0.299 e. The van der Waals surface area contributed by atoms with E-state index in [0.29, 0.717) is 10.7 Å². The molecule has 1 saturated carbocycles. The molecule has 0 atom stereocenters. The Balaban J connectivity index is 1.61. The van der Waals surface area contributed by atoms with E-state index < -0.39 is 10.2 Å². The Kier molecular flexibility index (Phi) is 5.99. The molecule has 24 heavy (non-hydrogen) atoms. The molecule has 1 saturated heterocycles. The Labute approximate surface area is 148 Å². The Bertz CT molecular complexity index is 657. The third-order valence-electron chi connectivity index (χ3n) is 4.48. The average molecular weight is 374 g/mol. The fourth-order valence-corrected chi connectivity index (χ4v) is 4.60. The molecule has 0 aromatic heterocycles. The molecule has 2 N–H and O–H groups in total. The van der Waals surface area contributed by atoms with Gasteiger partial charge in [0, 0.05) is 30.7 Å². The van der Waals surface area contributed by atoms with Crippen molar-refractivity contribution in [3.8, 4) is 0 Å². The highest BCUT2D eigenvalue weighted by molar-refractivity contribution is 7.90. The predicted molar refractivity (Wildman–Crippen MR) is 95.5 cm³/mol.